The summed E-state index contributed by atoms with van der Waals surface area (Å²) in [5.74, 6) is 0. The first-order chi connectivity index (χ1) is 9.50. The van der Waals surface area contributed by atoms with Gasteiger partial charge >= 0.3 is 12.4 Å². The van der Waals surface area contributed by atoms with Gasteiger partial charge in [-0.05, 0) is 43.5 Å². The molecule has 1 nitrogen and oxygen atoms in total. The topological polar surface area (TPSA) is 3.24 Å². The van der Waals surface area contributed by atoms with E-state index >= 15 is 0 Å². The van der Waals surface area contributed by atoms with Crippen LogP contribution in [-0.2, 0) is 25.3 Å². The minimum absolute atomic E-state index is 0.00704. The Bertz CT molecular complexity index is 529. The van der Waals surface area contributed by atoms with E-state index in [1.165, 1.54) is 0 Å². The zero-order valence-corrected chi connectivity index (χ0v) is 11.6. The summed E-state index contributed by atoms with van der Waals surface area (Å²) in [6.07, 6.45) is -9.44. The highest BCUT2D eigenvalue weighted by Crippen LogP contribution is 2.40. The molecule has 118 valence electrons. The second kappa shape index (κ2) is 5.19. The van der Waals surface area contributed by atoms with Gasteiger partial charge in [-0.1, -0.05) is 0 Å². The van der Waals surface area contributed by atoms with Crippen molar-refractivity contribution in [1.82, 2.24) is 4.90 Å². The summed E-state index contributed by atoms with van der Waals surface area (Å²) in [4.78, 5) is 1.86. The summed E-state index contributed by atoms with van der Waals surface area (Å²) in [5.41, 5.74) is -2.28. The fourth-order valence-corrected chi connectivity index (χ4v) is 2.58. The van der Waals surface area contributed by atoms with E-state index in [0.717, 1.165) is 6.07 Å². The van der Waals surface area contributed by atoms with Crippen LogP contribution in [0.25, 0.3) is 0 Å². The smallest absolute Gasteiger partial charge is 0.296 e. The minimum Gasteiger partial charge on any atom is -0.296 e. The van der Waals surface area contributed by atoms with E-state index < -0.39 is 23.5 Å². The summed E-state index contributed by atoms with van der Waals surface area (Å²) >= 11 is 0. The van der Waals surface area contributed by atoms with E-state index in [0.29, 0.717) is 6.54 Å². The van der Waals surface area contributed by atoms with Crippen LogP contribution in [-0.4, -0.2) is 17.5 Å². The van der Waals surface area contributed by atoms with Crippen LogP contribution in [0.2, 0.25) is 0 Å². The van der Waals surface area contributed by atoms with Crippen molar-refractivity contribution < 1.29 is 26.3 Å². The highest BCUT2D eigenvalue weighted by atomic mass is 19.4. The van der Waals surface area contributed by atoms with Crippen LogP contribution in [0.1, 0.15) is 36.1 Å². The molecule has 0 saturated heterocycles. The molecule has 1 aromatic rings. The third-order valence-electron chi connectivity index (χ3n) is 3.73. The Kier molecular flexibility index (Phi) is 3.99. The monoisotopic (exact) mass is 311 g/mol. The van der Waals surface area contributed by atoms with Crippen LogP contribution in [0, 0.1) is 0 Å². The molecule has 1 aliphatic rings. The van der Waals surface area contributed by atoms with Crippen LogP contribution in [0.3, 0.4) is 0 Å². The van der Waals surface area contributed by atoms with Gasteiger partial charge in [-0.2, -0.15) is 26.3 Å². The van der Waals surface area contributed by atoms with E-state index in [4.69, 9.17) is 0 Å². The lowest BCUT2D eigenvalue weighted by molar-refractivity contribution is -0.143. The molecule has 0 bridgehead atoms. The highest BCUT2D eigenvalue weighted by molar-refractivity contribution is 5.43. The van der Waals surface area contributed by atoms with Crippen molar-refractivity contribution in [2.75, 3.05) is 6.54 Å². The van der Waals surface area contributed by atoms with Gasteiger partial charge in [0.15, 0.2) is 0 Å². The molecule has 0 N–H and O–H groups in total. The summed E-state index contributed by atoms with van der Waals surface area (Å²) in [7, 11) is 0. The van der Waals surface area contributed by atoms with Gasteiger partial charge in [-0.25, -0.2) is 0 Å². The third kappa shape index (κ3) is 3.33. The second-order valence-electron chi connectivity index (χ2n) is 5.47. The standard InChI is InChI=1S/C14H15F6N/c1-8(2)21-4-3-11-9(7-21)5-10(13(15,16)17)6-12(11)14(18,19)20/h5-6,8H,3-4,7H2,1-2H3. The lowest BCUT2D eigenvalue weighted by Gasteiger charge is -2.33. The second-order valence-corrected chi connectivity index (χ2v) is 5.47. The molecule has 1 heterocycles. The Morgan fingerprint density at radius 3 is 2.10 bits per heavy atom. The van der Waals surface area contributed by atoms with Gasteiger partial charge in [0, 0.05) is 19.1 Å². The van der Waals surface area contributed by atoms with Gasteiger partial charge in [0.25, 0.3) is 0 Å². The molecule has 2 rings (SSSR count). The highest BCUT2D eigenvalue weighted by Gasteiger charge is 2.40. The molecule has 0 radical (unpaired) electrons. The largest absolute Gasteiger partial charge is 0.416 e. The van der Waals surface area contributed by atoms with Crippen LogP contribution < -0.4 is 0 Å². The summed E-state index contributed by atoms with van der Waals surface area (Å²) in [6, 6.07) is 1.14. The maximum Gasteiger partial charge on any atom is 0.416 e. The van der Waals surface area contributed by atoms with Crippen molar-refractivity contribution in [2.24, 2.45) is 0 Å². The Labute approximate surface area is 118 Å². The Balaban J connectivity index is 2.56. The third-order valence-corrected chi connectivity index (χ3v) is 3.73. The first-order valence-corrected chi connectivity index (χ1v) is 6.54. The molecule has 0 spiro atoms. The maximum absolute atomic E-state index is 13.0. The predicted molar refractivity (Wildman–Crippen MR) is 65.7 cm³/mol. The molecule has 0 aromatic heterocycles. The van der Waals surface area contributed by atoms with E-state index in [2.05, 4.69) is 0 Å². The summed E-state index contributed by atoms with van der Waals surface area (Å²) in [5, 5.41) is 0. The number of hydrogen-bond donors (Lipinski definition) is 0. The van der Waals surface area contributed by atoms with Gasteiger partial charge in [-0.3, -0.25) is 4.90 Å². The molecule has 0 fully saturated rings. The number of halogens is 6. The Morgan fingerprint density at radius 1 is 1.00 bits per heavy atom. The molecule has 1 aliphatic heterocycles. The fourth-order valence-electron chi connectivity index (χ4n) is 2.58. The molecular formula is C14H15F6N. The van der Waals surface area contributed by atoms with E-state index in [9.17, 15) is 26.3 Å². The number of hydrogen-bond acceptors (Lipinski definition) is 1. The number of alkyl halides is 6. The van der Waals surface area contributed by atoms with Crippen molar-refractivity contribution in [3.63, 3.8) is 0 Å². The van der Waals surface area contributed by atoms with Gasteiger partial charge in [-0.15, -0.1) is 0 Å². The number of rotatable bonds is 1. The molecule has 0 unspecified atom stereocenters. The molecule has 0 atom stereocenters. The van der Waals surface area contributed by atoms with Crippen LogP contribution in [0.4, 0.5) is 26.3 Å². The van der Waals surface area contributed by atoms with E-state index in [-0.39, 0.29) is 36.2 Å². The SMILES string of the molecule is CC(C)N1CCc2c(cc(C(F)(F)F)cc2C(F)(F)F)C1. The van der Waals surface area contributed by atoms with Crippen LogP contribution in [0.15, 0.2) is 12.1 Å². The number of fused-ring (bicyclic) bond motifs is 1. The quantitative estimate of drug-likeness (QED) is 0.691. The number of benzene rings is 1. The fraction of sp³-hybridized carbons (Fsp3) is 0.571. The molecular weight excluding hydrogens is 296 g/mol. The zero-order chi connectivity index (χ0) is 16.0. The molecule has 0 aliphatic carbocycles. The van der Waals surface area contributed by atoms with Crippen LogP contribution >= 0.6 is 0 Å². The van der Waals surface area contributed by atoms with Crippen molar-refractivity contribution in [3.05, 3.63) is 34.4 Å². The first-order valence-electron chi connectivity index (χ1n) is 6.54. The minimum atomic E-state index is -4.78. The van der Waals surface area contributed by atoms with Gasteiger partial charge in [0.1, 0.15) is 0 Å². The van der Waals surface area contributed by atoms with Gasteiger partial charge in [0.05, 0.1) is 11.1 Å². The first kappa shape index (κ1) is 16.1. The summed E-state index contributed by atoms with van der Waals surface area (Å²) < 4.78 is 77.5. The Hall–Kier alpha value is -1.24. The Morgan fingerprint density at radius 2 is 1.62 bits per heavy atom. The van der Waals surface area contributed by atoms with Gasteiger partial charge in [0.2, 0.25) is 0 Å². The molecule has 21 heavy (non-hydrogen) atoms. The lowest BCUT2D eigenvalue weighted by Crippen LogP contribution is -2.37. The molecule has 0 saturated carbocycles. The number of nitrogens with zero attached hydrogens (tertiary/aromatic N) is 1. The summed E-state index contributed by atoms with van der Waals surface area (Å²) in [6.45, 7) is 4.26. The van der Waals surface area contributed by atoms with Crippen molar-refractivity contribution in [1.29, 1.82) is 0 Å². The molecule has 0 amide bonds. The average Bonchev–Trinajstić information content (AvgIpc) is 2.34. The predicted octanol–water partition coefficient (Wildman–Crippen LogP) is 4.49. The van der Waals surface area contributed by atoms with Crippen LogP contribution in [0.5, 0.6) is 0 Å². The van der Waals surface area contributed by atoms with Crippen molar-refractivity contribution in [3.8, 4) is 0 Å². The average molecular weight is 311 g/mol. The normalized spacial score (nSPS) is 17.2. The zero-order valence-electron chi connectivity index (χ0n) is 11.6. The van der Waals surface area contributed by atoms with Crippen molar-refractivity contribution in [2.45, 2.75) is 45.2 Å². The lowest BCUT2D eigenvalue weighted by atomic mass is 9.91. The van der Waals surface area contributed by atoms with E-state index in [1.54, 1.807) is 0 Å². The van der Waals surface area contributed by atoms with E-state index in [1.807, 2.05) is 18.7 Å². The molecule has 7 heteroatoms. The van der Waals surface area contributed by atoms with Gasteiger partial charge < -0.3 is 0 Å². The van der Waals surface area contributed by atoms with Crippen molar-refractivity contribution >= 4 is 0 Å². The molecule has 1 aromatic carbocycles. The maximum atomic E-state index is 13.0.